The molecule has 0 saturated carbocycles. The summed E-state index contributed by atoms with van der Waals surface area (Å²) in [6.45, 7) is 3.44. The summed E-state index contributed by atoms with van der Waals surface area (Å²) in [6.07, 6.45) is 1.87. The standard InChI is InChI=1S/C14H18N2O4/c1-10-8-12(3-4-13(10)16(19)20)15-7-6-11(9-15)2-5-14(17)18/h3-4,8,11H,2,5-7,9H2,1H3,(H,17,18). The van der Waals surface area contributed by atoms with Crippen molar-refractivity contribution in [1.29, 1.82) is 0 Å². The molecule has 1 aliphatic rings. The molecule has 20 heavy (non-hydrogen) atoms. The van der Waals surface area contributed by atoms with Crippen LogP contribution in [0, 0.1) is 23.0 Å². The molecule has 1 saturated heterocycles. The van der Waals surface area contributed by atoms with E-state index in [-0.39, 0.29) is 17.0 Å². The van der Waals surface area contributed by atoms with Crippen molar-refractivity contribution in [3.63, 3.8) is 0 Å². The first-order valence-corrected chi connectivity index (χ1v) is 6.69. The van der Waals surface area contributed by atoms with Gasteiger partial charge in [-0.05, 0) is 37.8 Å². The molecule has 0 bridgehead atoms. The fourth-order valence-electron chi connectivity index (χ4n) is 2.67. The molecule has 0 radical (unpaired) electrons. The Morgan fingerprint density at radius 2 is 2.30 bits per heavy atom. The molecular formula is C14H18N2O4. The second-order valence-electron chi connectivity index (χ2n) is 5.26. The van der Waals surface area contributed by atoms with Gasteiger partial charge in [0.2, 0.25) is 0 Å². The van der Waals surface area contributed by atoms with E-state index in [0.29, 0.717) is 17.9 Å². The minimum absolute atomic E-state index is 0.135. The first-order chi connectivity index (χ1) is 9.47. The van der Waals surface area contributed by atoms with Gasteiger partial charge in [0.1, 0.15) is 0 Å². The smallest absolute Gasteiger partial charge is 0.303 e. The van der Waals surface area contributed by atoms with Gasteiger partial charge in [0.05, 0.1) is 4.92 Å². The molecule has 1 unspecified atom stereocenters. The van der Waals surface area contributed by atoms with Crippen LogP contribution in [0.5, 0.6) is 0 Å². The van der Waals surface area contributed by atoms with E-state index in [9.17, 15) is 14.9 Å². The third-order valence-corrected chi connectivity index (χ3v) is 3.79. The highest BCUT2D eigenvalue weighted by Crippen LogP contribution is 2.29. The lowest BCUT2D eigenvalue weighted by atomic mass is 10.0. The van der Waals surface area contributed by atoms with Gasteiger partial charge in [0.15, 0.2) is 0 Å². The van der Waals surface area contributed by atoms with Crippen molar-refractivity contribution in [2.75, 3.05) is 18.0 Å². The summed E-state index contributed by atoms with van der Waals surface area (Å²) in [4.78, 5) is 23.2. The number of hydrogen-bond acceptors (Lipinski definition) is 4. The molecule has 0 aromatic heterocycles. The van der Waals surface area contributed by atoms with Crippen LogP contribution in [0.2, 0.25) is 0 Å². The van der Waals surface area contributed by atoms with Crippen molar-refractivity contribution >= 4 is 17.3 Å². The van der Waals surface area contributed by atoms with Crippen LogP contribution in [0.25, 0.3) is 0 Å². The summed E-state index contributed by atoms with van der Waals surface area (Å²) in [5.41, 5.74) is 1.77. The van der Waals surface area contributed by atoms with E-state index in [1.54, 1.807) is 13.0 Å². The van der Waals surface area contributed by atoms with Crippen molar-refractivity contribution in [1.82, 2.24) is 0 Å². The number of carboxylic acid groups (broad SMARTS) is 1. The fraction of sp³-hybridized carbons (Fsp3) is 0.500. The Kier molecular flexibility index (Phi) is 4.22. The molecule has 6 heteroatoms. The van der Waals surface area contributed by atoms with Gasteiger partial charge >= 0.3 is 5.97 Å². The van der Waals surface area contributed by atoms with Gasteiger partial charge in [0.25, 0.3) is 5.69 Å². The maximum atomic E-state index is 10.8. The van der Waals surface area contributed by atoms with Crippen LogP contribution >= 0.6 is 0 Å². The van der Waals surface area contributed by atoms with E-state index in [0.717, 1.165) is 25.2 Å². The van der Waals surface area contributed by atoms with Gasteiger partial charge < -0.3 is 10.0 Å². The molecule has 0 spiro atoms. The second kappa shape index (κ2) is 5.90. The zero-order chi connectivity index (χ0) is 14.7. The number of nitro groups is 1. The molecule has 1 atom stereocenters. The number of aryl methyl sites for hydroxylation is 1. The normalized spacial score (nSPS) is 18.2. The molecule has 1 aromatic carbocycles. The number of hydrogen-bond donors (Lipinski definition) is 1. The fourth-order valence-corrected chi connectivity index (χ4v) is 2.67. The Hall–Kier alpha value is -2.11. The highest BCUT2D eigenvalue weighted by atomic mass is 16.6. The lowest BCUT2D eigenvalue weighted by molar-refractivity contribution is -0.385. The molecule has 1 aliphatic heterocycles. The average molecular weight is 278 g/mol. The van der Waals surface area contributed by atoms with Crippen LogP contribution in [-0.2, 0) is 4.79 Å². The van der Waals surface area contributed by atoms with Gasteiger partial charge in [0, 0.05) is 36.8 Å². The van der Waals surface area contributed by atoms with E-state index in [1.165, 1.54) is 6.07 Å². The summed E-state index contributed by atoms with van der Waals surface area (Å²) < 4.78 is 0. The Bertz CT molecular complexity index is 530. The van der Waals surface area contributed by atoms with Crippen LogP contribution in [0.15, 0.2) is 18.2 Å². The predicted octanol–water partition coefficient (Wildman–Crippen LogP) is 2.59. The van der Waals surface area contributed by atoms with E-state index in [4.69, 9.17) is 5.11 Å². The molecule has 0 aliphatic carbocycles. The summed E-state index contributed by atoms with van der Waals surface area (Å²) in [7, 11) is 0. The van der Waals surface area contributed by atoms with Crippen molar-refractivity contribution in [2.45, 2.75) is 26.2 Å². The van der Waals surface area contributed by atoms with Gasteiger partial charge in [-0.25, -0.2) is 0 Å². The Labute approximate surface area is 117 Å². The van der Waals surface area contributed by atoms with Crippen LogP contribution in [0.4, 0.5) is 11.4 Å². The first-order valence-electron chi connectivity index (χ1n) is 6.69. The van der Waals surface area contributed by atoms with Crippen LogP contribution in [-0.4, -0.2) is 29.1 Å². The first kappa shape index (κ1) is 14.3. The Morgan fingerprint density at radius 3 is 2.90 bits per heavy atom. The zero-order valence-corrected chi connectivity index (χ0v) is 11.4. The molecule has 1 aromatic rings. The van der Waals surface area contributed by atoms with E-state index < -0.39 is 5.97 Å². The highest BCUT2D eigenvalue weighted by Gasteiger charge is 2.24. The molecule has 6 nitrogen and oxygen atoms in total. The summed E-state index contributed by atoms with van der Waals surface area (Å²) in [6, 6.07) is 5.14. The lowest BCUT2D eigenvalue weighted by Gasteiger charge is -2.19. The Morgan fingerprint density at radius 1 is 1.55 bits per heavy atom. The topological polar surface area (TPSA) is 83.7 Å². The van der Waals surface area contributed by atoms with Crippen LogP contribution in [0.3, 0.4) is 0 Å². The summed E-state index contributed by atoms with van der Waals surface area (Å²) >= 11 is 0. The molecular weight excluding hydrogens is 260 g/mol. The zero-order valence-electron chi connectivity index (χ0n) is 11.4. The number of nitrogens with zero attached hydrogens (tertiary/aromatic N) is 2. The van der Waals surface area contributed by atoms with Crippen molar-refractivity contribution in [3.05, 3.63) is 33.9 Å². The molecule has 1 heterocycles. The molecule has 0 amide bonds. The van der Waals surface area contributed by atoms with Crippen molar-refractivity contribution < 1.29 is 14.8 Å². The minimum atomic E-state index is -0.755. The largest absolute Gasteiger partial charge is 0.481 e. The van der Waals surface area contributed by atoms with Crippen molar-refractivity contribution in [2.24, 2.45) is 5.92 Å². The van der Waals surface area contributed by atoms with E-state index in [2.05, 4.69) is 4.90 Å². The second-order valence-corrected chi connectivity index (χ2v) is 5.26. The number of aliphatic carboxylic acids is 1. The summed E-state index contributed by atoms with van der Waals surface area (Å²) in [5.74, 6) is -0.365. The van der Waals surface area contributed by atoms with Gasteiger partial charge in [-0.2, -0.15) is 0 Å². The maximum Gasteiger partial charge on any atom is 0.303 e. The minimum Gasteiger partial charge on any atom is -0.481 e. The lowest BCUT2D eigenvalue weighted by Crippen LogP contribution is -2.20. The molecule has 108 valence electrons. The quantitative estimate of drug-likeness (QED) is 0.661. The molecule has 1 N–H and O–H groups in total. The average Bonchev–Trinajstić information content (AvgIpc) is 2.84. The van der Waals surface area contributed by atoms with E-state index >= 15 is 0 Å². The van der Waals surface area contributed by atoms with Gasteiger partial charge in [-0.1, -0.05) is 0 Å². The number of anilines is 1. The van der Waals surface area contributed by atoms with Gasteiger partial charge in [-0.3, -0.25) is 14.9 Å². The molecule has 2 rings (SSSR count). The summed E-state index contributed by atoms with van der Waals surface area (Å²) in [5, 5.41) is 19.5. The number of benzene rings is 1. The molecule has 1 fully saturated rings. The highest BCUT2D eigenvalue weighted by molar-refractivity contribution is 5.66. The Balaban J connectivity index is 2.01. The van der Waals surface area contributed by atoms with Crippen molar-refractivity contribution in [3.8, 4) is 0 Å². The number of nitro benzene ring substituents is 1. The maximum absolute atomic E-state index is 10.8. The monoisotopic (exact) mass is 278 g/mol. The predicted molar refractivity (Wildman–Crippen MR) is 75.0 cm³/mol. The third kappa shape index (κ3) is 3.26. The number of carbonyl (C=O) groups is 1. The third-order valence-electron chi connectivity index (χ3n) is 3.79. The number of rotatable bonds is 5. The number of carboxylic acids is 1. The van der Waals surface area contributed by atoms with Gasteiger partial charge in [-0.15, -0.1) is 0 Å². The van der Waals surface area contributed by atoms with E-state index in [1.807, 2.05) is 6.07 Å². The SMILES string of the molecule is Cc1cc(N2CCC(CCC(=O)O)C2)ccc1[N+](=O)[O-]. The van der Waals surface area contributed by atoms with Crippen LogP contribution in [0.1, 0.15) is 24.8 Å². The van der Waals surface area contributed by atoms with Crippen LogP contribution < -0.4 is 4.90 Å².